The molecule has 1 aromatic carbocycles. The lowest BCUT2D eigenvalue weighted by Gasteiger charge is -2.43. The van der Waals surface area contributed by atoms with Gasteiger partial charge in [0.2, 0.25) is 29.5 Å². The second kappa shape index (κ2) is 32.6. The first-order valence-electron chi connectivity index (χ1n) is 30.7. The molecule has 480 valence electrons. The van der Waals surface area contributed by atoms with Gasteiger partial charge >= 0.3 is 18.0 Å². The van der Waals surface area contributed by atoms with E-state index in [2.05, 4.69) is 43.8 Å². The number of rotatable bonds is 32. The monoisotopic (exact) mass is 1230 g/mol. The number of likely N-dealkylation sites (N-methyl/N-ethyl adjacent to an activating group) is 2. The van der Waals surface area contributed by atoms with E-state index in [0.717, 1.165) is 29.2 Å². The summed E-state index contributed by atoms with van der Waals surface area (Å²) in [5.74, 6) is -6.50. The van der Waals surface area contributed by atoms with Gasteiger partial charge in [-0.05, 0) is 131 Å². The Hall–Kier alpha value is -7.28. The number of likely N-dealkylation sites (tertiary alicyclic amines) is 1. The number of imide groups is 1. The molecule has 9 N–H and O–H groups in total. The van der Waals surface area contributed by atoms with Crippen molar-refractivity contribution in [1.82, 2.24) is 46.3 Å². The molecular formula is C62H93N11O13S. The van der Waals surface area contributed by atoms with Crippen LogP contribution in [-0.2, 0) is 54.3 Å². The van der Waals surface area contributed by atoms with Crippen LogP contribution in [-0.4, -0.2) is 159 Å². The van der Waals surface area contributed by atoms with E-state index >= 15 is 4.79 Å². The van der Waals surface area contributed by atoms with Crippen LogP contribution in [0.1, 0.15) is 185 Å². The van der Waals surface area contributed by atoms with Crippen LogP contribution in [0.5, 0.6) is 0 Å². The van der Waals surface area contributed by atoms with Crippen molar-refractivity contribution in [1.29, 1.82) is 0 Å². The molecule has 1 fully saturated rings. The molecule has 0 radical (unpaired) electrons. The highest BCUT2D eigenvalue weighted by Crippen LogP contribution is 2.37. The quantitative estimate of drug-likeness (QED) is 0.0256. The molecule has 1 aromatic heterocycles. The average molecular weight is 1230 g/mol. The van der Waals surface area contributed by atoms with Crippen LogP contribution < -0.4 is 37.6 Å². The number of hydrogen-bond donors (Lipinski definition) is 8. The normalized spacial score (nSPS) is 19.5. The van der Waals surface area contributed by atoms with E-state index in [-0.39, 0.29) is 98.6 Å². The van der Waals surface area contributed by atoms with Crippen LogP contribution in [0.15, 0.2) is 35.7 Å². The van der Waals surface area contributed by atoms with Crippen molar-refractivity contribution >= 4 is 82.3 Å². The Morgan fingerprint density at radius 1 is 0.908 bits per heavy atom. The summed E-state index contributed by atoms with van der Waals surface area (Å²) in [6.07, 6.45) is 6.55. The van der Waals surface area contributed by atoms with E-state index in [1.807, 2.05) is 53.5 Å². The lowest BCUT2D eigenvalue weighted by Crippen LogP contribution is -2.61. The number of aromatic nitrogens is 1. The van der Waals surface area contributed by atoms with Gasteiger partial charge in [0.1, 0.15) is 28.8 Å². The second-order valence-corrected chi connectivity index (χ2v) is 25.3. The summed E-state index contributed by atoms with van der Waals surface area (Å²) in [5.41, 5.74) is 5.94. The molecule has 0 bridgehead atoms. The molecule has 9 atom stereocenters. The van der Waals surface area contributed by atoms with Gasteiger partial charge in [-0.2, -0.15) is 0 Å². The Labute approximate surface area is 515 Å². The van der Waals surface area contributed by atoms with Gasteiger partial charge in [-0.15, -0.1) is 11.3 Å². The number of primary amides is 1. The van der Waals surface area contributed by atoms with Crippen molar-refractivity contribution in [3.05, 3.63) is 57.6 Å². The van der Waals surface area contributed by atoms with E-state index in [9.17, 15) is 53.1 Å². The Kier molecular flexibility index (Phi) is 26.4. The van der Waals surface area contributed by atoms with Crippen LogP contribution in [0, 0.1) is 23.2 Å². The molecule has 24 nitrogen and oxygen atoms in total. The fraction of sp³-hybridized carbons (Fsp3) is 0.645. The number of benzene rings is 1. The molecule has 2 aromatic rings. The Bertz CT molecular complexity index is 2820. The highest BCUT2D eigenvalue weighted by atomic mass is 32.1. The Morgan fingerprint density at radius 3 is 2.21 bits per heavy atom. The maximum Gasteiger partial charge on any atom is 0.312 e. The van der Waals surface area contributed by atoms with Crippen molar-refractivity contribution in [2.24, 2.45) is 28.9 Å². The number of nitrogens with zero attached hydrogens (tertiary/aromatic N) is 4. The van der Waals surface area contributed by atoms with Crippen molar-refractivity contribution < 1.29 is 62.6 Å². The number of aliphatic carboxylic acids is 1. The summed E-state index contributed by atoms with van der Waals surface area (Å²) in [6.45, 7) is 20.2. The predicted molar refractivity (Wildman–Crippen MR) is 328 cm³/mol. The van der Waals surface area contributed by atoms with Crippen molar-refractivity contribution in [2.75, 3.05) is 38.5 Å². The molecule has 1 aliphatic carbocycles. The Balaban J connectivity index is 1.27. The van der Waals surface area contributed by atoms with Gasteiger partial charge in [0.05, 0.1) is 12.0 Å². The summed E-state index contributed by atoms with van der Waals surface area (Å²) < 4.78 is 5.91. The number of anilines is 1. The van der Waals surface area contributed by atoms with E-state index < -0.39 is 95.2 Å². The fourth-order valence-electron chi connectivity index (χ4n) is 11.6. The lowest BCUT2D eigenvalue weighted by atomic mass is 9.76. The standard InChI is InChI=1S/C62H93N11O13S/c1-12-62(10,13-2)53(70-56(80)47-29-37(8)25-28-71(47)11)59(82)72(14-3)46(35(4)5)33-48(86-38(9)74)58-68-45(34-87-58)55(79)66-41-30-39-21-22-40(31-42(39)43(32-41)60(83)84)65-54(78)44(19-18-26-64-61(63)85)67-57(81)52(36(6)7)69-49(75)20-16-15-17-27-73-50(76)23-24-51(73)77/h21-24,31,34-37,41,43-44,46-48,52-53H,12-20,25-30,32-33H2,1-11H3,(H,65,78)(H,66,79)(H,67,81)(H,69,75)(H,70,80)(H,83,84)(H3,63,64,85). The number of amides is 10. The van der Waals surface area contributed by atoms with Crippen molar-refractivity contribution in [2.45, 2.75) is 201 Å². The molecule has 3 heterocycles. The number of urea groups is 1. The van der Waals surface area contributed by atoms with Gasteiger partial charge in [-0.3, -0.25) is 57.7 Å². The van der Waals surface area contributed by atoms with E-state index in [1.165, 1.54) is 24.5 Å². The van der Waals surface area contributed by atoms with Crippen LogP contribution >= 0.6 is 11.3 Å². The number of piperidine rings is 1. The molecule has 25 heteroatoms. The van der Waals surface area contributed by atoms with Gasteiger partial charge in [-0.1, -0.05) is 67.9 Å². The minimum atomic E-state index is -1.18. The van der Waals surface area contributed by atoms with Crippen molar-refractivity contribution in [3.63, 3.8) is 0 Å². The summed E-state index contributed by atoms with van der Waals surface area (Å²) >= 11 is 1.12. The number of fused-ring (bicyclic) bond motifs is 1. The minimum absolute atomic E-state index is 0.0191. The van der Waals surface area contributed by atoms with E-state index in [0.29, 0.717) is 67.1 Å². The molecule has 9 unspecified atom stereocenters. The third kappa shape index (κ3) is 19.6. The van der Waals surface area contributed by atoms with Crippen LogP contribution in [0.2, 0.25) is 0 Å². The number of unbranched alkanes of at least 4 members (excludes halogenated alkanes) is 2. The number of carbonyl (C=O) groups is 11. The minimum Gasteiger partial charge on any atom is -0.481 e. The van der Waals surface area contributed by atoms with Crippen LogP contribution in [0.25, 0.3) is 0 Å². The van der Waals surface area contributed by atoms with Gasteiger partial charge in [0, 0.05) is 74.7 Å². The number of ether oxygens (including phenoxy) is 1. The highest BCUT2D eigenvalue weighted by Gasteiger charge is 2.44. The largest absolute Gasteiger partial charge is 0.481 e. The number of nitrogens with one attached hydrogen (secondary N) is 6. The zero-order chi connectivity index (χ0) is 64.4. The molecule has 3 aliphatic rings. The zero-order valence-corrected chi connectivity index (χ0v) is 53.3. The number of thiazole rings is 1. The summed E-state index contributed by atoms with van der Waals surface area (Å²) in [4.78, 5) is 155. The van der Waals surface area contributed by atoms with E-state index in [1.54, 1.807) is 36.9 Å². The van der Waals surface area contributed by atoms with Gasteiger partial charge in [0.25, 0.3) is 17.7 Å². The molecule has 0 saturated carbocycles. The SMILES string of the molecule is CCN(C(=O)C(NC(=O)C1CC(C)CCN1C)C(C)(CC)CC)C(CC(OC(C)=O)c1nc(C(=O)NC2Cc3ccc(NC(=O)C(CCCNC(N)=O)NC(=O)C(NC(=O)CCCCCN4C(=O)C=CC4=O)C(C)C)cc3C(C(=O)O)C2)cs1)C(C)C. The third-order valence-electron chi connectivity index (χ3n) is 17.3. The molecule has 10 amide bonds. The number of carbonyl (C=O) groups excluding carboxylic acids is 10. The molecule has 0 spiro atoms. The Morgan fingerprint density at radius 2 is 1.60 bits per heavy atom. The molecular weight excluding hydrogens is 1140 g/mol. The predicted octanol–water partition coefficient (Wildman–Crippen LogP) is 5.46. The molecule has 2 aliphatic heterocycles. The number of carboxylic acids is 1. The van der Waals surface area contributed by atoms with Crippen LogP contribution in [0.3, 0.4) is 0 Å². The van der Waals surface area contributed by atoms with Crippen LogP contribution in [0.4, 0.5) is 10.5 Å². The topological polar surface area (TPSA) is 338 Å². The number of carboxylic acid groups (broad SMARTS) is 1. The fourth-order valence-corrected chi connectivity index (χ4v) is 12.5. The maximum atomic E-state index is 15.0. The smallest absolute Gasteiger partial charge is 0.312 e. The summed E-state index contributed by atoms with van der Waals surface area (Å²) in [5, 5.41) is 29.4. The first kappa shape index (κ1) is 70.5. The molecule has 1 saturated heterocycles. The second-order valence-electron chi connectivity index (χ2n) is 24.4. The number of hydrogen-bond acceptors (Lipinski definition) is 15. The third-order valence-corrected chi connectivity index (χ3v) is 18.3. The van der Waals surface area contributed by atoms with E-state index in [4.69, 9.17) is 10.5 Å². The molecule has 5 rings (SSSR count). The van der Waals surface area contributed by atoms with Gasteiger partial charge in [0.15, 0.2) is 6.10 Å². The number of esters is 1. The van der Waals surface area contributed by atoms with Gasteiger partial charge in [-0.25, -0.2) is 9.78 Å². The number of nitrogens with two attached hydrogens (primary N) is 1. The maximum absolute atomic E-state index is 15.0. The lowest BCUT2D eigenvalue weighted by molar-refractivity contribution is -0.150. The highest BCUT2D eigenvalue weighted by molar-refractivity contribution is 7.09. The molecule has 87 heavy (non-hydrogen) atoms. The van der Waals surface area contributed by atoms with Gasteiger partial charge < -0.3 is 52.4 Å². The first-order chi connectivity index (χ1) is 41.1. The van der Waals surface area contributed by atoms with Crippen molar-refractivity contribution in [3.8, 4) is 0 Å². The first-order valence-corrected chi connectivity index (χ1v) is 31.6. The zero-order valence-electron chi connectivity index (χ0n) is 52.5. The summed E-state index contributed by atoms with van der Waals surface area (Å²) in [6, 6.07) is -0.556. The summed E-state index contributed by atoms with van der Waals surface area (Å²) in [7, 11) is 1.94. The average Bonchev–Trinajstić information content (AvgIpc) is 4.01.